The average Bonchev–Trinajstić information content (AvgIpc) is 3.28. The monoisotopic (exact) mass is 423 g/mol. The molecule has 3 aromatic rings. The molecule has 0 aliphatic carbocycles. The van der Waals surface area contributed by atoms with Gasteiger partial charge in [-0.1, -0.05) is 35.5 Å². The van der Waals surface area contributed by atoms with Crippen LogP contribution < -0.4 is 10.1 Å². The Labute approximate surface area is 178 Å². The van der Waals surface area contributed by atoms with Gasteiger partial charge in [-0.2, -0.15) is 4.98 Å². The van der Waals surface area contributed by atoms with E-state index in [0.29, 0.717) is 36.5 Å². The smallest absolute Gasteiger partial charge is 0.273 e. The number of carbonyl (C=O) groups is 1. The number of rotatable bonds is 6. The zero-order chi connectivity index (χ0) is 21.8. The van der Waals surface area contributed by atoms with Crippen molar-refractivity contribution >= 4 is 11.6 Å². The summed E-state index contributed by atoms with van der Waals surface area (Å²) in [6.07, 6.45) is 0. The van der Waals surface area contributed by atoms with E-state index in [-0.39, 0.29) is 29.9 Å². The van der Waals surface area contributed by atoms with E-state index in [4.69, 9.17) is 9.26 Å². The second-order valence-corrected chi connectivity index (χ2v) is 7.07. The fourth-order valence-electron chi connectivity index (χ4n) is 3.51. The number of aromatic nitrogens is 2. The molecule has 1 N–H and O–H groups in total. The van der Waals surface area contributed by atoms with E-state index in [1.165, 1.54) is 6.07 Å². The molecule has 1 aliphatic rings. The molecule has 160 valence electrons. The average molecular weight is 423 g/mol. The van der Waals surface area contributed by atoms with Crippen molar-refractivity contribution in [1.82, 2.24) is 20.4 Å². The molecule has 1 saturated heterocycles. The fourth-order valence-corrected chi connectivity index (χ4v) is 3.51. The number of carbonyl (C=O) groups excluding carboxylic acids is 1. The molecule has 0 spiro atoms. The number of nitro benzene ring substituents is 1. The highest BCUT2D eigenvalue weighted by molar-refractivity contribution is 5.78. The van der Waals surface area contributed by atoms with Crippen molar-refractivity contribution in [2.75, 3.05) is 26.2 Å². The van der Waals surface area contributed by atoms with Gasteiger partial charge < -0.3 is 19.5 Å². The number of nitrogens with one attached hydrogen (secondary N) is 1. The number of para-hydroxylation sites is 1. The molecule has 1 amide bonds. The van der Waals surface area contributed by atoms with E-state index in [1.807, 2.05) is 18.2 Å². The molecular weight excluding hydrogens is 402 g/mol. The van der Waals surface area contributed by atoms with Crippen molar-refractivity contribution in [2.24, 2.45) is 0 Å². The zero-order valence-electron chi connectivity index (χ0n) is 16.9. The Morgan fingerprint density at radius 3 is 2.87 bits per heavy atom. The molecule has 1 fully saturated rings. The zero-order valence-corrected chi connectivity index (χ0v) is 16.9. The summed E-state index contributed by atoms with van der Waals surface area (Å²) in [4.78, 5) is 29.7. The van der Waals surface area contributed by atoms with Crippen LogP contribution in [0.3, 0.4) is 0 Å². The number of nitrogens with zero attached hydrogens (tertiary/aromatic N) is 4. The topological polar surface area (TPSA) is 124 Å². The van der Waals surface area contributed by atoms with E-state index < -0.39 is 11.0 Å². The molecule has 10 nitrogen and oxygen atoms in total. The lowest BCUT2D eigenvalue weighted by molar-refractivity contribution is -0.385. The van der Waals surface area contributed by atoms with Crippen molar-refractivity contribution in [3.8, 4) is 17.1 Å². The number of hydrogen-bond acceptors (Lipinski definition) is 8. The van der Waals surface area contributed by atoms with Crippen molar-refractivity contribution in [1.29, 1.82) is 0 Å². The third-order valence-corrected chi connectivity index (χ3v) is 5.14. The Hall–Kier alpha value is -3.79. The van der Waals surface area contributed by atoms with Crippen LogP contribution >= 0.6 is 0 Å². The van der Waals surface area contributed by atoms with Gasteiger partial charge >= 0.3 is 0 Å². The molecule has 1 unspecified atom stereocenters. The van der Waals surface area contributed by atoms with Crippen LogP contribution in [0.25, 0.3) is 11.4 Å². The first-order chi connectivity index (χ1) is 15.0. The fraction of sp³-hybridized carbons (Fsp3) is 0.286. The molecule has 0 radical (unpaired) electrons. The van der Waals surface area contributed by atoms with E-state index in [2.05, 4.69) is 15.5 Å². The molecule has 0 saturated carbocycles. The number of ether oxygens (including phenoxy) is 1. The van der Waals surface area contributed by atoms with E-state index in [1.54, 1.807) is 36.1 Å². The highest BCUT2D eigenvalue weighted by Crippen LogP contribution is 2.30. The summed E-state index contributed by atoms with van der Waals surface area (Å²) in [6.45, 7) is 3.09. The highest BCUT2D eigenvalue weighted by Gasteiger charge is 2.32. The van der Waals surface area contributed by atoms with Gasteiger partial charge in [0.1, 0.15) is 11.8 Å². The van der Waals surface area contributed by atoms with Gasteiger partial charge in [0.25, 0.3) is 17.5 Å². The lowest BCUT2D eigenvalue weighted by Crippen LogP contribution is -2.50. The predicted octanol–water partition coefficient (Wildman–Crippen LogP) is 2.51. The van der Waals surface area contributed by atoms with Crippen LogP contribution in [0.4, 0.5) is 5.69 Å². The van der Waals surface area contributed by atoms with Gasteiger partial charge in [0, 0.05) is 36.8 Å². The molecule has 31 heavy (non-hydrogen) atoms. The number of amides is 1. The van der Waals surface area contributed by atoms with Crippen LogP contribution in [-0.4, -0.2) is 52.1 Å². The molecule has 1 atom stereocenters. The summed E-state index contributed by atoms with van der Waals surface area (Å²) in [5.74, 6) is 0.932. The Kier molecular flexibility index (Phi) is 5.89. The predicted molar refractivity (Wildman–Crippen MR) is 110 cm³/mol. The maximum Gasteiger partial charge on any atom is 0.273 e. The summed E-state index contributed by atoms with van der Waals surface area (Å²) in [7, 11) is 0. The molecular formula is C21H21N5O5. The van der Waals surface area contributed by atoms with Crippen LogP contribution in [0.1, 0.15) is 17.5 Å². The minimum Gasteiger partial charge on any atom is -0.484 e. The number of piperazine rings is 1. The minimum absolute atomic E-state index is 0.0157. The first kappa shape index (κ1) is 20.5. The van der Waals surface area contributed by atoms with Gasteiger partial charge in [-0.05, 0) is 19.1 Å². The van der Waals surface area contributed by atoms with E-state index in [0.717, 1.165) is 0 Å². The SMILES string of the molecule is Cc1c(-c2noc(C3CNCCN3C(=O)COc3ccccc3)n2)cccc1[N+](=O)[O-]. The summed E-state index contributed by atoms with van der Waals surface area (Å²) >= 11 is 0. The van der Waals surface area contributed by atoms with Gasteiger partial charge in [0.15, 0.2) is 6.61 Å². The maximum atomic E-state index is 12.8. The maximum absolute atomic E-state index is 12.8. The third-order valence-electron chi connectivity index (χ3n) is 5.14. The number of nitro groups is 1. The Morgan fingerprint density at radius 2 is 2.10 bits per heavy atom. The molecule has 10 heteroatoms. The summed E-state index contributed by atoms with van der Waals surface area (Å²) < 4.78 is 11.0. The Morgan fingerprint density at radius 1 is 1.29 bits per heavy atom. The Balaban J connectivity index is 1.53. The van der Waals surface area contributed by atoms with Crippen LogP contribution in [0.2, 0.25) is 0 Å². The second kappa shape index (κ2) is 8.92. The number of benzene rings is 2. The van der Waals surface area contributed by atoms with Crippen LogP contribution in [0.15, 0.2) is 53.1 Å². The first-order valence-electron chi connectivity index (χ1n) is 9.80. The molecule has 1 aromatic heterocycles. The lowest BCUT2D eigenvalue weighted by Gasteiger charge is -2.33. The second-order valence-electron chi connectivity index (χ2n) is 7.07. The van der Waals surface area contributed by atoms with Gasteiger partial charge in [-0.15, -0.1) is 0 Å². The largest absolute Gasteiger partial charge is 0.484 e. The summed E-state index contributed by atoms with van der Waals surface area (Å²) in [5, 5.41) is 18.4. The van der Waals surface area contributed by atoms with Crippen molar-refractivity contribution in [3.05, 3.63) is 70.1 Å². The van der Waals surface area contributed by atoms with Gasteiger partial charge in [-0.3, -0.25) is 14.9 Å². The molecule has 1 aliphatic heterocycles. The van der Waals surface area contributed by atoms with Crippen molar-refractivity contribution in [3.63, 3.8) is 0 Å². The van der Waals surface area contributed by atoms with Gasteiger partial charge in [0.2, 0.25) is 5.82 Å². The molecule has 4 rings (SSSR count). The molecule has 0 bridgehead atoms. The van der Waals surface area contributed by atoms with Gasteiger partial charge in [0.05, 0.1) is 4.92 Å². The quantitative estimate of drug-likeness (QED) is 0.474. The summed E-state index contributed by atoms with van der Waals surface area (Å²) in [5.41, 5.74) is 0.946. The number of hydrogen-bond donors (Lipinski definition) is 1. The standard InChI is InChI=1S/C21H21N5O5/c1-14-16(8-5-9-17(14)26(28)29)20-23-21(31-24-20)18-12-22-10-11-25(18)19(27)13-30-15-6-3-2-4-7-15/h2-9,18,22H,10-13H2,1H3. The van der Waals surface area contributed by atoms with Crippen LogP contribution in [0.5, 0.6) is 5.75 Å². The normalized spacial score (nSPS) is 16.2. The van der Waals surface area contributed by atoms with Crippen LogP contribution in [0, 0.1) is 17.0 Å². The molecule has 2 aromatic carbocycles. The van der Waals surface area contributed by atoms with Crippen LogP contribution in [-0.2, 0) is 4.79 Å². The van der Waals surface area contributed by atoms with Gasteiger partial charge in [-0.25, -0.2) is 0 Å². The third kappa shape index (κ3) is 4.38. The lowest BCUT2D eigenvalue weighted by atomic mass is 10.1. The van der Waals surface area contributed by atoms with Crippen molar-refractivity contribution in [2.45, 2.75) is 13.0 Å². The highest BCUT2D eigenvalue weighted by atomic mass is 16.6. The first-order valence-corrected chi connectivity index (χ1v) is 9.80. The van der Waals surface area contributed by atoms with E-state index >= 15 is 0 Å². The Bertz CT molecular complexity index is 1080. The van der Waals surface area contributed by atoms with E-state index in [9.17, 15) is 14.9 Å². The van der Waals surface area contributed by atoms with Crippen molar-refractivity contribution < 1.29 is 19.0 Å². The molecule has 2 heterocycles. The minimum atomic E-state index is -0.458. The summed E-state index contributed by atoms with van der Waals surface area (Å²) in [6, 6.07) is 13.4.